The number of amides is 2. The highest BCUT2D eigenvalue weighted by Gasteiger charge is 2.15. The first kappa shape index (κ1) is 15.9. The number of benzene rings is 1. The number of carbonyl (C=O) groups excluding carboxylic acids is 1. The first-order valence-corrected chi connectivity index (χ1v) is 7.46. The molecule has 6 heteroatoms. The number of halogens is 1. The molecule has 0 saturated carbocycles. The number of nitrogens with one attached hydrogen (secondary N) is 1. The molecule has 1 fully saturated rings. The van der Waals surface area contributed by atoms with Crippen molar-refractivity contribution in [3.63, 3.8) is 0 Å². The van der Waals surface area contributed by atoms with Crippen molar-refractivity contribution in [2.75, 3.05) is 39.5 Å². The average molecular weight is 313 g/mol. The van der Waals surface area contributed by atoms with Gasteiger partial charge in [0.05, 0.1) is 19.8 Å². The molecule has 2 rings (SSSR count). The molecular formula is C15H21ClN2O3. The van der Waals surface area contributed by atoms with Crippen LogP contribution in [0.5, 0.6) is 5.75 Å². The van der Waals surface area contributed by atoms with E-state index in [1.807, 2.05) is 26.0 Å². The van der Waals surface area contributed by atoms with Crippen LogP contribution in [0.4, 0.5) is 4.79 Å². The molecule has 1 saturated heterocycles. The molecule has 1 aromatic rings. The van der Waals surface area contributed by atoms with Gasteiger partial charge in [0.2, 0.25) is 0 Å². The first-order valence-electron chi connectivity index (χ1n) is 7.08. The Morgan fingerprint density at radius 2 is 1.95 bits per heavy atom. The summed E-state index contributed by atoms with van der Waals surface area (Å²) in [4.78, 5) is 13.6. The van der Waals surface area contributed by atoms with Crippen LogP contribution in [-0.2, 0) is 4.74 Å². The van der Waals surface area contributed by atoms with E-state index in [4.69, 9.17) is 21.1 Å². The molecule has 0 aliphatic carbocycles. The molecule has 1 aliphatic heterocycles. The lowest BCUT2D eigenvalue weighted by Crippen LogP contribution is -2.47. The molecule has 0 bridgehead atoms. The van der Waals surface area contributed by atoms with E-state index in [0.717, 1.165) is 21.9 Å². The Morgan fingerprint density at radius 1 is 1.33 bits per heavy atom. The summed E-state index contributed by atoms with van der Waals surface area (Å²) in [7, 11) is 0. The van der Waals surface area contributed by atoms with Gasteiger partial charge in [0.15, 0.2) is 0 Å². The lowest BCUT2D eigenvalue weighted by atomic mass is 10.1. The van der Waals surface area contributed by atoms with Crippen molar-refractivity contribution in [1.82, 2.24) is 10.2 Å². The van der Waals surface area contributed by atoms with Crippen molar-refractivity contribution >= 4 is 17.6 Å². The van der Waals surface area contributed by atoms with Crippen LogP contribution in [0.1, 0.15) is 11.1 Å². The summed E-state index contributed by atoms with van der Waals surface area (Å²) in [6.45, 7) is 7.28. The molecule has 2 amide bonds. The second-order valence-electron chi connectivity index (χ2n) is 5.05. The summed E-state index contributed by atoms with van der Waals surface area (Å²) < 4.78 is 10.9. The van der Waals surface area contributed by atoms with Crippen LogP contribution in [-0.4, -0.2) is 50.4 Å². The summed E-state index contributed by atoms with van der Waals surface area (Å²) in [5.74, 6) is 0.773. The maximum Gasteiger partial charge on any atom is 0.317 e. The van der Waals surface area contributed by atoms with Crippen LogP contribution in [0.2, 0.25) is 5.02 Å². The molecule has 0 atom stereocenters. The topological polar surface area (TPSA) is 50.8 Å². The van der Waals surface area contributed by atoms with Gasteiger partial charge in [-0.3, -0.25) is 0 Å². The molecule has 1 aliphatic rings. The predicted octanol–water partition coefficient (Wildman–Crippen LogP) is 2.38. The highest BCUT2D eigenvalue weighted by molar-refractivity contribution is 6.32. The zero-order valence-corrected chi connectivity index (χ0v) is 13.2. The van der Waals surface area contributed by atoms with Gasteiger partial charge in [0.1, 0.15) is 12.4 Å². The highest BCUT2D eigenvalue weighted by atomic mass is 35.5. The minimum absolute atomic E-state index is 0.0645. The van der Waals surface area contributed by atoms with Crippen molar-refractivity contribution in [2.24, 2.45) is 0 Å². The molecule has 21 heavy (non-hydrogen) atoms. The van der Waals surface area contributed by atoms with Gasteiger partial charge in [-0.2, -0.15) is 0 Å². The second kappa shape index (κ2) is 7.52. The normalized spacial score (nSPS) is 14.9. The van der Waals surface area contributed by atoms with E-state index < -0.39 is 0 Å². The summed E-state index contributed by atoms with van der Waals surface area (Å²) in [6, 6.07) is 3.74. The molecule has 0 radical (unpaired) electrons. The van der Waals surface area contributed by atoms with Crippen LogP contribution in [0.15, 0.2) is 12.1 Å². The number of hydrogen-bond donors (Lipinski definition) is 1. The van der Waals surface area contributed by atoms with Crippen molar-refractivity contribution in [2.45, 2.75) is 13.8 Å². The fourth-order valence-corrected chi connectivity index (χ4v) is 2.30. The molecule has 1 N–H and O–H groups in total. The molecule has 116 valence electrons. The molecule has 0 aromatic heterocycles. The number of nitrogens with zero attached hydrogens (tertiary/aromatic N) is 1. The number of morpholine rings is 1. The first-order chi connectivity index (χ1) is 10.1. The van der Waals surface area contributed by atoms with Crippen molar-refractivity contribution in [3.8, 4) is 5.75 Å². The highest BCUT2D eigenvalue weighted by Crippen LogP contribution is 2.25. The number of hydrogen-bond acceptors (Lipinski definition) is 3. The summed E-state index contributed by atoms with van der Waals surface area (Å²) >= 11 is 6.11. The maximum absolute atomic E-state index is 11.8. The third-order valence-electron chi connectivity index (χ3n) is 3.36. The van der Waals surface area contributed by atoms with Gasteiger partial charge in [-0.05, 0) is 37.1 Å². The Morgan fingerprint density at radius 3 is 2.57 bits per heavy atom. The molecule has 0 spiro atoms. The van der Waals surface area contributed by atoms with Crippen LogP contribution in [0, 0.1) is 13.8 Å². The van der Waals surface area contributed by atoms with Gasteiger partial charge >= 0.3 is 6.03 Å². The third kappa shape index (κ3) is 4.51. The molecular weight excluding hydrogens is 292 g/mol. The van der Waals surface area contributed by atoms with Crippen LogP contribution in [0.25, 0.3) is 0 Å². The van der Waals surface area contributed by atoms with E-state index >= 15 is 0 Å². The Kier molecular flexibility index (Phi) is 5.70. The summed E-state index contributed by atoms with van der Waals surface area (Å²) in [5, 5.41) is 3.61. The minimum atomic E-state index is -0.0645. The van der Waals surface area contributed by atoms with Gasteiger partial charge in [-0.15, -0.1) is 0 Å². The minimum Gasteiger partial charge on any atom is -0.492 e. The van der Waals surface area contributed by atoms with Gasteiger partial charge in [0, 0.05) is 18.1 Å². The van der Waals surface area contributed by atoms with E-state index in [-0.39, 0.29) is 6.03 Å². The van der Waals surface area contributed by atoms with Crippen molar-refractivity contribution in [3.05, 3.63) is 28.3 Å². The Labute approximate surface area is 130 Å². The molecule has 5 nitrogen and oxygen atoms in total. The quantitative estimate of drug-likeness (QED) is 0.868. The van der Waals surface area contributed by atoms with Crippen molar-refractivity contribution in [1.29, 1.82) is 0 Å². The standard InChI is InChI=1S/C15H21ClN2O3/c1-11-9-13(10-12(2)14(11)16)21-6-3-17-15(19)18-4-7-20-8-5-18/h9-10H,3-8H2,1-2H3,(H,17,19). The van der Waals surface area contributed by atoms with Crippen LogP contribution in [0.3, 0.4) is 0 Å². The van der Waals surface area contributed by atoms with Crippen molar-refractivity contribution < 1.29 is 14.3 Å². The number of rotatable bonds is 4. The Balaban J connectivity index is 1.73. The van der Waals surface area contributed by atoms with Gasteiger partial charge < -0.3 is 19.7 Å². The number of aryl methyl sites for hydroxylation is 2. The number of urea groups is 1. The zero-order valence-electron chi connectivity index (χ0n) is 12.4. The summed E-state index contributed by atoms with van der Waals surface area (Å²) in [6.07, 6.45) is 0. The second-order valence-corrected chi connectivity index (χ2v) is 5.43. The van der Waals surface area contributed by atoms with E-state index in [9.17, 15) is 4.79 Å². The third-order valence-corrected chi connectivity index (χ3v) is 3.95. The average Bonchev–Trinajstić information content (AvgIpc) is 2.49. The fraction of sp³-hybridized carbons (Fsp3) is 0.533. The summed E-state index contributed by atoms with van der Waals surface area (Å²) in [5.41, 5.74) is 1.98. The Bertz CT molecular complexity index is 479. The SMILES string of the molecule is Cc1cc(OCCNC(=O)N2CCOCC2)cc(C)c1Cl. The zero-order chi connectivity index (χ0) is 15.2. The lowest BCUT2D eigenvalue weighted by Gasteiger charge is -2.26. The van der Waals surface area contributed by atoms with Gasteiger partial charge in [-0.25, -0.2) is 4.79 Å². The van der Waals surface area contributed by atoms with Gasteiger partial charge in [0.25, 0.3) is 0 Å². The molecule has 1 aromatic carbocycles. The number of ether oxygens (including phenoxy) is 2. The molecule has 1 heterocycles. The Hall–Kier alpha value is -1.46. The smallest absolute Gasteiger partial charge is 0.317 e. The van der Waals surface area contributed by atoms with Crippen LogP contribution < -0.4 is 10.1 Å². The van der Waals surface area contributed by atoms with E-state index in [1.165, 1.54) is 0 Å². The van der Waals surface area contributed by atoms with Gasteiger partial charge in [-0.1, -0.05) is 11.6 Å². The largest absolute Gasteiger partial charge is 0.492 e. The molecule has 0 unspecified atom stereocenters. The predicted molar refractivity (Wildman–Crippen MR) is 82.2 cm³/mol. The van der Waals surface area contributed by atoms with E-state index in [1.54, 1.807) is 4.90 Å². The monoisotopic (exact) mass is 312 g/mol. The number of carbonyl (C=O) groups is 1. The van der Waals surface area contributed by atoms with Crippen LogP contribution >= 0.6 is 11.6 Å². The van der Waals surface area contributed by atoms with E-state index in [0.29, 0.717) is 39.5 Å². The lowest BCUT2D eigenvalue weighted by molar-refractivity contribution is 0.0530. The fourth-order valence-electron chi connectivity index (χ4n) is 2.19. The van der Waals surface area contributed by atoms with E-state index in [2.05, 4.69) is 5.32 Å². The maximum atomic E-state index is 11.8.